The molecule has 0 bridgehead atoms. The van der Waals surface area contributed by atoms with Gasteiger partial charge in [-0.2, -0.15) is 0 Å². The number of aromatic amines is 1. The number of hydrogen-bond acceptors (Lipinski definition) is 3. The van der Waals surface area contributed by atoms with Crippen molar-refractivity contribution in [2.24, 2.45) is 0 Å². The van der Waals surface area contributed by atoms with Crippen LogP contribution in [0.4, 0.5) is 5.82 Å². The van der Waals surface area contributed by atoms with E-state index in [9.17, 15) is 0 Å². The zero-order valence-corrected chi connectivity index (χ0v) is 10.7. The van der Waals surface area contributed by atoms with Gasteiger partial charge in [-0.05, 0) is 18.9 Å². The summed E-state index contributed by atoms with van der Waals surface area (Å²) in [6.07, 6.45) is 5.06. The van der Waals surface area contributed by atoms with Gasteiger partial charge in [0.15, 0.2) is 5.82 Å². The van der Waals surface area contributed by atoms with Gasteiger partial charge in [0.1, 0.15) is 11.3 Å². The van der Waals surface area contributed by atoms with Gasteiger partial charge in [0.25, 0.3) is 0 Å². The van der Waals surface area contributed by atoms with E-state index in [1.54, 1.807) is 0 Å². The van der Waals surface area contributed by atoms with Crippen molar-refractivity contribution in [3.8, 4) is 0 Å². The number of pyridine rings is 1. The van der Waals surface area contributed by atoms with E-state index in [1.807, 2.05) is 18.2 Å². The van der Waals surface area contributed by atoms with Crippen LogP contribution in [-0.4, -0.2) is 15.0 Å². The third kappa shape index (κ3) is 1.59. The van der Waals surface area contributed by atoms with Crippen LogP contribution in [0.1, 0.15) is 37.4 Å². The SMILES string of the molecule is Nc1nc2ccccc2c2[nH]c(C3CCCC3)nc12. The summed E-state index contributed by atoms with van der Waals surface area (Å²) in [6.45, 7) is 0. The van der Waals surface area contributed by atoms with Gasteiger partial charge in [-0.15, -0.1) is 0 Å². The molecule has 96 valence electrons. The number of hydrogen-bond donors (Lipinski definition) is 2. The molecule has 0 radical (unpaired) electrons. The van der Waals surface area contributed by atoms with Gasteiger partial charge in [0.2, 0.25) is 0 Å². The Hall–Kier alpha value is -2.10. The van der Waals surface area contributed by atoms with Crippen molar-refractivity contribution in [3.05, 3.63) is 30.1 Å². The summed E-state index contributed by atoms with van der Waals surface area (Å²) in [5.41, 5.74) is 8.82. The maximum absolute atomic E-state index is 6.04. The Morgan fingerprint density at radius 2 is 1.89 bits per heavy atom. The van der Waals surface area contributed by atoms with E-state index < -0.39 is 0 Å². The molecule has 0 saturated heterocycles. The number of anilines is 1. The molecule has 1 aliphatic carbocycles. The smallest absolute Gasteiger partial charge is 0.152 e. The highest BCUT2D eigenvalue weighted by Crippen LogP contribution is 2.35. The van der Waals surface area contributed by atoms with Crippen molar-refractivity contribution < 1.29 is 0 Å². The summed E-state index contributed by atoms with van der Waals surface area (Å²) in [5, 5.41) is 1.10. The van der Waals surface area contributed by atoms with Crippen molar-refractivity contribution in [1.82, 2.24) is 15.0 Å². The normalized spacial score (nSPS) is 16.6. The molecule has 4 heteroatoms. The summed E-state index contributed by atoms with van der Waals surface area (Å²) in [4.78, 5) is 12.6. The molecule has 0 spiro atoms. The lowest BCUT2D eigenvalue weighted by atomic mass is 10.1. The molecule has 1 fully saturated rings. The van der Waals surface area contributed by atoms with E-state index in [0.29, 0.717) is 11.7 Å². The summed E-state index contributed by atoms with van der Waals surface area (Å²) in [5.74, 6) is 2.16. The lowest BCUT2D eigenvalue weighted by molar-refractivity contribution is 0.681. The minimum Gasteiger partial charge on any atom is -0.382 e. The first kappa shape index (κ1) is 10.8. The monoisotopic (exact) mass is 252 g/mol. The molecule has 0 amide bonds. The van der Waals surface area contributed by atoms with E-state index >= 15 is 0 Å². The quantitative estimate of drug-likeness (QED) is 0.698. The van der Waals surface area contributed by atoms with Crippen LogP contribution in [0.3, 0.4) is 0 Å². The molecule has 19 heavy (non-hydrogen) atoms. The average molecular weight is 252 g/mol. The Balaban J connectivity index is 2.00. The van der Waals surface area contributed by atoms with Gasteiger partial charge in [-0.3, -0.25) is 0 Å². The number of nitrogens with zero attached hydrogens (tertiary/aromatic N) is 2. The fourth-order valence-electron chi connectivity index (χ4n) is 3.13. The van der Waals surface area contributed by atoms with Crippen LogP contribution in [-0.2, 0) is 0 Å². The fraction of sp³-hybridized carbons (Fsp3) is 0.333. The zero-order valence-electron chi connectivity index (χ0n) is 10.7. The van der Waals surface area contributed by atoms with Crippen molar-refractivity contribution in [2.45, 2.75) is 31.6 Å². The second-order valence-electron chi connectivity index (χ2n) is 5.34. The molecule has 4 rings (SSSR count). The summed E-state index contributed by atoms with van der Waals surface area (Å²) < 4.78 is 0. The van der Waals surface area contributed by atoms with Gasteiger partial charge in [0, 0.05) is 11.3 Å². The van der Waals surface area contributed by atoms with Crippen LogP contribution in [0.5, 0.6) is 0 Å². The third-order valence-corrected chi connectivity index (χ3v) is 4.12. The summed E-state index contributed by atoms with van der Waals surface area (Å²) >= 11 is 0. The first-order chi connectivity index (χ1) is 9.33. The van der Waals surface area contributed by atoms with Crippen molar-refractivity contribution in [2.75, 3.05) is 5.73 Å². The third-order valence-electron chi connectivity index (χ3n) is 4.12. The summed E-state index contributed by atoms with van der Waals surface area (Å²) in [7, 11) is 0. The summed E-state index contributed by atoms with van der Waals surface area (Å²) in [6, 6.07) is 8.06. The maximum Gasteiger partial charge on any atom is 0.152 e. The number of aromatic nitrogens is 3. The topological polar surface area (TPSA) is 67.6 Å². The molecular weight excluding hydrogens is 236 g/mol. The van der Waals surface area contributed by atoms with Crippen LogP contribution < -0.4 is 5.73 Å². The Bertz CT molecular complexity index is 753. The Labute approximate surface area is 111 Å². The molecular formula is C15H16N4. The van der Waals surface area contributed by atoms with Gasteiger partial charge in [-0.1, -0.05) is 31.0 Å². The zero-order chi connectivity index (χ0) is 12.8. The largest absolute Gasteiger partial charge is 0.382 e. The number of benzene rings is 1. The Morgan fingerprint density at radius 1 is 1.11 bits per heavy atom. The van der Waals surface area contributed by atoms with Gasteiger partial charge >= 0.3 is 0 Å². The average Bonchev–Trinajstić information content (AvgIpc) is 3.08. The van der Waals surface area contributed by atoms with Gasteiger partial charge in [-0.25, -0.2) is 9.97 Å². The van der Waals surface area contributed by atoms with Crippen LogP contribution in [0.2, 0.25) is 0 Å². The molecule has 1 aliphatic rings. The molecule has 2 heterocycles. The molecule has 0 aliphatic heterocycles. The van der Waals surface area contributed by atoms with E-state index in [2.05, 4.69) is 16.0 Å². The molecule has 3 aromatic rings. The molecule has 0 atom stereocenters. The van der Waals surface area contributed by atoms with Crippen molar-refractivity contribution in [1.29, 1.82) is 0 Å². The highest BCUT2D eigenvalue weighted by molar-refractivity contribution is 6.06. The highest BCUT2D eigenvalue weighted by Gasteiger charge is 2.21. The molecule has 1 saturated carbocycles. The predicted molar refractivity (Wildman–Crippen MR) is 77.0 cm³/mol. The Kier molecular flexibility index (Phi) is 2.24. The lowest BCUT2D eigenvalue weighted by Crippen LogP contribution is -1.94. The minimum atomic E-state index is 0.522. The van der Waals surface area contributed by atoms with Crippen LogP contribution in [0, 0.1) is 0 Å². The number of nitrogens with one attached hydrogen (secondary N) is 1. The van der Waals surface area contributed by atoms with E-state index in [1.165, 1.54) is 25.7 Å². The standard InChI is InChI=1S/C15H16N4/c16-14-13-12(10-7-3-4-8-11(10)17-14)18-15(19-13)9-5-1-2-6-9/h3-4,7-9H,1-2,5-6H2,(H2,16,17)(H,18,19). The van der Waals surface area contributed by atoms with Crippen molar-refractivity contribution >= 4 is 27.8 Å². The molecule has 3 N–H and O–H groups in total. The second-order valence-corrected chi connectivity index (χ2v) is 5.34. The van der Waals surface area contributed by atoms with E-state index in [4.69, 9.17) is 10.7 Å². The molecule has 0 unspecified atom stereocenters. The van der Waals surface area contributed by atoms with E-state index in [-0.39, 0.29) is 0 Å². The van der Waals surface area contributed by atoms with Crippen LogP contribution in [0.15, 0.2) is 24.3 Å². The number of H-pyrrole nitrogens is 1. The number of rotatable bonds is 1. The fourth-order valence-corrected chi connectivity index (χ4v) is 3.13. The van der Waals surface area contributed by atoms with Gasteiger partial charge in [0.05, 0.1) is 11.0 Å². The molecule has 2 aromatic heterocycles. The van der Waals surface area contributed by atoms with Crippen LogP contribution in [0.25, 0.3) is 21.9 Å². The number of fused-ring (bicyclic) bond motifs is 3. The Morgan fingerprint density at radius 3 is 2.74 bits per heavy atom. The van der Waals surface area contributed by atoms with Gasteiger partial charge < -0.3 is 10.7 Å². The highest BCUT2D eigenvalue weighted by atomic mass is 15.0. The second kappa shape index (κ2) is 3.95. The van der Waals surface area contributed by atoms with Crippen LogP contribution >= 0.6 is 0 Å². The number of nitrogen functional groups attached to an aromatic ring is 1. The predicted octanol–water partition coefficient (Wildman–Crippen LogP) is 3.35. The maximum atomic E-state index is 6.04. The molecule has 4 nitrogen and oxygen atoms in total. The first-order valence-electron chi connectivity index (χ1n) is 6.87. The first-order valence-corrected chi connectivity index (χ1v) is 6.87. The van der Waals surface area contributed by atoms with E-state index in [0.717, 1.165) is 27.8 Å². The minimum absolute atomic E-state index is 0.522. The lowest BCUT2D eigenvalue weighted by Gasteiger charge is -2.02. The number of nitrogens with two attached hydrogens (primary N) is 1. The molecule has 1 aromatic carbocycles. The van der Waals surface area contributed by atoms with Crippen molar-refractivity contribution in [3.63, 3.8) is 0 Å². The number of para-hydroxylation sites is 1. The number of imidazole rings is 1.